The molecule has 2 aromatic carbocycles. The lowest BCUT2D eigenvalue weighted by molar-refractivity contribution is -0.136. The van der Waals surface area contributed by atoms with Crippen LogP contribution in [0.1, 0.15) is 57.1 Å². The van der Waals surface area contributed by atoms with Gasteiger partial charge < -0.3 is 10.6 Å². The Morgan fingerprint density at radius 3 is 2.53 bits per heavy atom. The van der Waals surface area contributed by atoms with Gasteiger partial charge >= 0.3 is 0 Å². The summed E-state index contributed by atoms with van der Waals surface area (Å²) >= 11 is 0. The first-order valence-corrected chi connectivity index (χ1v) is 10.9. The van der Waals surface area contributed by atoms with Gasteiger partial charge in [-0.05, 0) is 36.6 Å². The Morgan fingerprint density at radius 1 is 0.938 bits per heavy atom. The molecule has 2 saturated heterocycles. The zero-order chi connectivity index (χ0) is 22.2. The highest BCUT2D eigenvalue weighted by Gasteiger charge is 2.45. The molecule has 164 valence electrons. The first kappa shape index (κ1) is 20.5. The Kier molecular flexibility index (Phi) is 5.32. The number of carbonyl (C=O) groups excluding carboxylic acids is 4. The number of hydrogen-bond donors (Lipinski definition) is 3. The molecule has 2 aromatic rings. The minimum Gasteiger partial charge on any atom is -0.309 e. The van der Waals surface area contributed by atoms with E-state index in [1.165, 1.54) is 5.56 Å². The number of nitrogens with zero attached hydrogens (tertiary/aromatic N) is 1. The standard InChI is InChI=1S/C24H24N4O4/c29-19-10-9-18(22(30)27-19)28-23(31)16-8-4-7-15(20(16)24(28)32)13-26-17-11-12-25-21(17)14-5-2-1-3-6-14/h1-8,17-18,21,25-26H,9-13H2,(H,27,29,30)/t17-,18?,21+/m1/s1. The first-order valence-electron chi connectivity index (χ1n) is 10.9. The Hall–Kier alpha value is -3.36. The summed E-state index contributed by atoms with van der Waals surface area (Å²) in [5.41, 5.74) is 2.59. The Bertz CT molecular complexity index is 1100. The maximum absolute atomic E-state index is 13.2. The fourth-order valence-electron chi connectivity index (χ4n) is 4.91. The molecule has 1 unspecified atom stereocenters. The largest absolute Gasteiger partial charge is 0.309 e. The molecule has 0 aromatic heterocycles. The number of amides is 4. The molecule has 0 spiro atoms. The highest BCUT2D eigenvalue weighted by Crippen LogP contribution is 2.30. The van der Waals surface area contributed by atoms with Crippen LogP contribution in [0.3, 0.4) is 0 Å². The van der Waals surface area contributed by atoms with Crippen molar-refractivity contribution in [3.63, 3.8) is 0 Å². The smallest absolute Gasteiger partial charge is 0.262 e. The van der Waals surface area contributed by atoms with Gasteiger partial charge in [-0.2, -0.15) is 0 Å². The predicted octanol–water partition coefficient (Wildman–Crippen LogP) is 1.28. The predicted molar refractivity (Wildman–Crippen MR) is 116 cm³/mol. The molecule has 3 heterocycles. The van der Waals surface area contributed by atoms with Crippen LogP contribution in [0.5, 0.6) is 0 Å². The minimum atomic E-state index is -0.956. The molecule has 3 atom stereocenters. The summed E-state index contributed by atoms with van der Waals surface area (Å²) in [5, 5.41) is 9.30. The number of hydrogen-bond acceptors (Lipinski definition) is 6. The van der Waals surface area contributed by atoms with E-state index in [9.17, 15) is 19.2 Å². The van der Waals surface area contributed by atoms with E-state index in [4.69, 9.17) is 0 Å². The van der Waals surface area contributed by atoms with Gasteiger partial charge in [0.2, 0.25) is 11.8 Å². The lowest BCUT2D eigenvalue weighted by atomic mass is 9.99. The van der Waals surface area contributed by atoms with Gasteiger partial charge in [-0.3, -0.25) is 29.4 Å². The third kappa shape index (κ3) is 3.51. The molecular formula is C24H24N4O4. The van der Waals surface area contributed by atoms with Gasteiger partial charge in [-0.25, -0.2) is 0 Å². The van der Waals surface area contributed by atoms with Crippen molar-refractivity contribution < 1.29 is 19.2 Å². The maximum atomic E-state index is 13.2. The highest BCUT2D eigenvalue weighted by atomic mass is 16.2. The van der Waals surface area contributed by atoms with E-state index in [1.54, 1.807) is 12.1 Å². The summed E-state index contributed by atoms with van der Waals surface area (Å²) in [6.07, 6.45) is 1.20. The maximum Gasteiger partial charge on any atom is 0.262 e. The molecular weight excluding hydrogens is 408 g/mol. The van der Waals surface area contributed by atoms with Gasteiger partial charge in [0.25, 0.3) is 11.8 Å². The van der Waals surface area contributed by atoms with Gasteiger partial charge in [0, 0.05) is 25.0 Å². The molecule has 32 heavy (non-hydrogen) atoms. The van der Waals surface area contributed by atoms with Crippen LogP contribution in [0.15, 0.2) is 48.5 Å². The molecule has 3 aliphatic rings. The second-order valence-electron chi connectivity index (χ2n) is 8.41. The fourth-order valence-corrected chi connectivity index (χ4v) is 4.91. The van der Waals surface area contributed by atoms with Crippen molar-refractivity contribution in [1.82, 2.24) is 20.9 Å². The molecule has 0 bridgehead atoms. The topological polar surface area (TPSA) is 108 Å². The third-order valence-corrected chi connectivity index (χ3v) is 6.49. The number of imide groups is 2. The van der Waals surface area contributed by atoms with Gasteiger partial charge in [0.05, 0.1) is 11.1 Å². The van der Waals surface area contributed by atoms with Crippen LogP contribution in [0.4, 0.5) is 0 Å². The molecule has 4 amide bonds. The Labute approximate surface area is 185 Å². The van der Waals surface area contributed by atoms with Crippen LogP contribution in [0.25, 0.3) is 0 Å². The molecule has 5 rings (SSSR count). The van der Waals surface area contributed by atoms with Crippen LogP contribution in [-0.4, -0.2) is 47.2 Å². The third-order valence-electron chi connectivity index (χ3n) is 6.49. The molecule has 3 aliphatic heterocycles. The number of carbonyl (C=O) groups is 4. The van der Waals surface area contributed by atoms with Crippen molar-refractivity contribution in [2.24, 2.45) is 0 Å². The van der Waals surface area contributed by atoms with E-state index < -0.39 is 23.8 Å². The summed E-state index contributed by atoms with van der Waals surface area (Å²) < 4.78 is 0. The monoisotopic (exact) mass is 432 g/mol. The second-order valence-corrected chi connectivity index (χ2v) is 8.41. The summed E-state index contributed by atoms with van der Waals surface area (Å²) in [6, 6.07) is 14.8. The molecule has 0 aliphatic carbocycles. The quantitative estimate of drug-likeness (QED) is 0.615. The number of fused-ring (bicyclic) bond motifs is 1. The lowest BCUT2D eigenvalue weighted by Crippen LogP contribution is -2.54. The number of piperidine rings is 1. The summed E-state index contributed by atoms with van der Waals surface area (Å²) in [6.45, 7) is 1.33. The van der Waals surface area contributed by atoms with Crippen molar-refractivity contribution >= 4 is 23.6 Å². The van der Waals surface area contributed by atoms with E-state index in [0.717, 1.165) is 23.4 Å². The molecule has 0 saturated carbocycles. The summed E-state index contributed by atoms with van der Waals surface area (Å²) in [4.78, 5) is 51.0. The van der Waals surface area contributed by atoms with Crippen LogP contribution in [0.2, 0.25) is 0 Å². The molecule has 8 heteroatoms. The fraction of sp³-hybridized carbons (Fsp3) is 0.333. The van der Waals surface area contributed by atoms with E-state index in [-0.39, 0.29) is 30.8 Å². The van der Waals surface area contributed by atoms with Crippen LogP contribution < -0.4 is 16.0 Å². The van der Waals surface area contributed by atoms with Crippen molar-refractivity contribution in [1.29, 1.82) is 0 Å². The van der Waals surface area contributed by atoms with E-state index >= 15 is 0 Å². The zero-order valence-corrected chi connectivity index (χ0v) is 17.5. The lowest BCUT2D eigenvalue weighted by Gasteiger charge is -2.28. The molecule has 0 radical (unpaired) electrons. The Morgan fingerprint density at radius 2 is 1.75 bits per heavy atom. The molecule has 3 N–H and O–H groups in total. The van der Waals surface area contributed by atoms with Gasteiger partial charge in [0.15, 0.2) is 0 Å². The zero-order valence-electron chi connectivity index (χ0n) is 17.5. The van der Waals surface area contributed by atoms with Crippen molar-refractivity contribution in [3.8, 4) is 0 Å². The Balaban J connectivity index is 1.35. The summed E-state index contributed by atoms with van der Waals surface area (Å²) in [7, 11) is 0. The number of benzene rings is 2. The average Bonchev–Trinajstić information content (AvgIpc) is 3.37. The van der Waals surface area contributed by atoms with Crippen LogP contribution in [-0.2, 0) is 16.1 Å². The van der Waals surface area contributed by atoms with Crippen molar-refractivity contribution in [2.75, 3.05) is 6.54 Å². The highest BCUT2D eigenvalue weighted by molar-refractivity contribution is 6.24. The van der Waals surface area contributed by atoms with Crippen molar-refractivity contribution in [3.05, 3.63) is 70.8 Å². The minimum absolute atomic E-state index is 0.105. The van der Waals surface area contributed by atoms with E-state index in [0.29, 0.717) is 17.7 Å². The SMILES string of the molecule is O=C1CCC(N2C(=O)c3cccc(CN[C@@H]4CCN[C@H]4c4ccccc4)c3C2=O)C(=O)N1. The van der Waals surface area contributed by atoms with Gasteiger partial charge in [0.1, 0.15) is 6.04 Å². The van der Waals surface area contributed by atoms with Gasteiger partial charge in [-0.15, -0.1) is 0 Å². The average molecular weight is 432 g/mol. The molecule has 2 fully saturated rings. The second kappa shape index (κ2) is 8.29. The van der Waals surface area contributed by atoms with Crippen LogP contribution >= 0.6 is 0 Å². The van der Waals surface area contributed by atoms with Crippen LogP contribution in [0, 0.1) is 0 Å². The van der Waals surface area contributed by atoms with E-state index in [2.05, 4.69) is 28.1 Å². The summed E-state index contributed by atoms with van der Waals surface area (Å²) in [5.74, 6) is -1.93. The number of rotatable bonds is 5. The first-order chi connectivity index (χ1) is 15.5. The normalized spacial score (nSPS) is 25.2. The van der Waals surface area contributed by atoms with Crippen molar-refractivity contribution in [2.45, 2.75) is 43.9 Å². The number of nitrogens with one attached hydrogen (secondary N) is 3. The van der Waals surface area contributed by atoms with E-state index in [1.807, 2.05) is 24.3 Å². The molecule has 8 nitrogen and oxygen atoms in total. The van der Waals surface area contributed by atoms with Gasteiger partial charge in [-0.1, -0.05) is 42.5 Å².